The number of fused-ring (bicyclic) bond motifs is 3. The Bertz CT molecular complexity index is 530. The molecule has 22 heavy (non-hydrogen) atoms. The maximum atomic E-state index is 6.66. The third kappa shape index (κ3) is 2.71. The maximum Gasteiger partial charge on any atom is 0.126 e. The fraction of sp³-hybridized carbons (Fsp3) is 0.619. The number of hydrogen-bond acceptors (Lipinski definition) is 1. The molecule has 1 nitrogen and oxygen atoms in total. The molecule has 0 radical (unpaired) electrons. The Labute approximate surface area is 134 Å². The van der Waals surface area contributed by atoms with Crippen LogP contribution in [0.1, 0.15) is 69.8 Å². The van der Waals surface area contributed by atoms with Crippen molar-refractivity contribution < 1.29 is 4.74 Å². The first-order chi connectivity index (χ1) is 10.9. The van der Waals surface area contributed by atoms with E-state index in [9.17, 15) is 0 Å². The van der Waals surface area contributed by atoms with E-state index in [1.165, 1.54) is 75.5 Å². The first-order valence-electron chi connectivity index (χ1n) is 9.38. The Morgan fingerprint density at radius 2 is 1.55 bits per heavy atom. The van der Waals surface area contributed by atoms with Crippen molar-refractivity contribution in [3.63, 3.8) is 0 Å². The van der Waals surface area contributed by atoms with Gasteiger partial charge >= 0.3 is 0 Å². The van der Waals surface area contributed by atoms with Crippen LogP contribution in [0.25, 0.3) is 5.76 Å². The topological polar surface area (TPSA) is 9.23 Å². The summed E-state index contributed by atoms with van der Waals surface area (Å²) in [4.78, 5) is 0. The molecule has 1 heteroatoms. The second kappa shape index (κ2) is 6.48. The number of rotatable bonds is 1. The van der Waals surface area contributed by atoms with Crippen LogP contribution in [0.3, 0.4) is 0 Å². The lowest BCUT2D eigenvalue weighted by Crippen LogP contribution is -2.38. The predicted molar refractivity (Wildman–Crippen MR) is 91.4 cm³/mol. The number of allylic oxidation sites excluding steroid dienone is 1. The molecule has 2 fully saturated rings. The monoisotopic (exact) mass is 296 g/mol. The van der Waals surface area contributed by atoms with Crippen molar-refractivity contribution in [1.29, 1.82) is 0 Å². The van der Waals surface area contributed by atoms with Crippen molar-refractivity contribution in [2.24, 2.45) is 11.8 Å². The largest absolute Gasteiger partial charge is 0.490 e. The van der Waals surface area contributed by atoms with Gasteiger partial charge in [0, 0.05) is 11.5 Å². The van der Waals surface area contributed by atoms with Gasteiger partial charge in [0.05, 0.1) is 0 Å². The SMILES string of the molecule is c1ccc(C2=C3CCCC[C@H]3[C@H]3CCCCCC[C@@H]3O2)cc1. The molecule has 1 aliphatic heterocycles. The zero-order chi connectivity index (χ0) is 14.8. The highest BCUT2D eigenvalue weighted by atomic mass is 16.5. The molecule has 0 spiro atoms. The van der Waals surface area contributed by atoms with Crippen LogP contribution < -0.4 is 0 Å². The van der Waals surface area contributed by atoms with E-state index in [1.807, 2.05) is 0 Å². The van der Waals surface area contributed by atoms with Gasteiger partial charge in [0.25, 0.3) is 0 Å². The molecular formula is C21H28O. The van der Waals surface area contributed by atoms with Crippen molar-refractivity contribution in [3.8, 4) is 0 Å². The molecule has 0 aromatic heterocycles. The van der Waals surface area contributed by atoms with E-state index in [4.69, 9.17) is 4.74 Å². The zero-order valence-electron chi connectivity index (χ0n) is 13.6. The molecule has 118 valence electrons. The summed E-state index contributed by atoms with van der Waals surface area (Å²) < 4.78 is 6.66. The van der Waals surface area contributed by atoms with Crippen molar-refractivity contribution in [2.45, 2.75) is 70.3 Å². The molecule has 1 aromatic rings. The van der Waals surface area contributed by atoms with Crippen molar-refractivity contribution in [3.05, 3.63) is 41.5 Å². The van der Waals surface area contributed by atoms with Gasteiger partial charge in [0.1, 0.15) is 11.9 Å². The molecule has 0 saturated heterocycles. The van der Waals surface area contributed by atoms with Gasteiger partial charge in [0.2, 0.25) is 0 Å². The Morgan fingerprint density at radius 3 is 2.41 bits per heavy atom. The fourth-order valence-electron chi connectivity index (χ4n) is 4.95. The standard InChI is InChI=1S/C21H28O/c1-2-7-15-20-18(13-6-1)17-12-8-9-14-19(17)21(22-20)16-10-4-3-5-11-16/h3-5,10-11,17-18,20H,1-2,6-9,12-15H2/t17-,18+,20-/m0/s1. The van der Waals surface area contributed by atoms with E-state index in [-0.39, 0.29) is 0 Å². The van der Waals surface area contributed by atoms with E-state index in [0.29, 0.717) is 6.10 Å². The fourth-order valence-corrected chi connectivity index (χ4v) is 4.95. The highest BCUT2D eigenvalue weighted by Gasteiger charge is 2.40. The normalized spacial score (nSPS) is 32.3. The number of hydrogen-bond donors (Lipinski definition) is 0. The lowest BCUT2D eigenvalue weighted by molar-refractivity contribution is 0.0298. The van der Waals surface area contributed by atoms with Crippen LogP contribution in [0, 0.1) is 11.8 Å². The summed E-state index contributed by atoms with van der Waals surface area (Å²) in [7, 11) is 0. The number of benzene rings is 1. The summed E-state index contributed by atoms with van der Waals surface area (Å²) in [6.07, 6.45) is 14.2. The van der Waals surface area contributed by atoms with E-state index >= 15 is 0 Å². The van der Waals surface area contributed by atoms with Gasteiger partial charge < -0.3 is 4.74 Å². The molecule has 0 amide bonds. The highest BCUT2D eigenvalue weighted by Crippen LogP contribution is 2.48. The second-order valence-electron chi connectivity index (χ2n) is 7.38. The summed E-state index contributed by atoms with van der Waals surface area (Å²) >= 11 is 0. The molecule has 1 heterocycles. The molecule has 4 rings (SSSR count). The molecule has 0 N–H and O–H groups in total. The van der Waals surface area contributed by atoms with Gasteiger partial charge in [-0.3, -0.25) is 0 Å². The van der Waals surface area contributed by atoms with Crippen LogP contribution in [0.5, 0.6) is 0 Å². The minimum absolute atomic E-state index is 0.474. The quantitative estimate of drug-likeness (QED) is 0.621. The van der Waals surface area contributed by atoms with E-state index in [1.54, 1.807) is 5.57 Å². The van der Waals surface area contributed by atoms with Crippen LogP contribution in [0.4, 0.5) is 0 Å². The summed E-state index contributed by atoms with van der Waals surface area (Å²) in [6, 6.07) is 10.9. The minimum atomic E-state index is 0.474. The van der Waals surface area contributed by atoms with E-state index in [0.717, 1.165) is 11.8 Å². The van der Waals surface area contributed by atoms with E-state index in [2.05, 4.69) is 30.3 Å². The van der Waals surface area contributed by atoms with Crippen LogP contribution in [0.15, 0.2) is 35.9 Å². The summed E-state index contributed by atoms with van der Waals surface area (Å²) in [5.41, 5.74) is 2.96. The molecule has 3 atom stereocenters. The van der Waals surface area contributed by atoms with Gasteiger partial charge in [-0.25, -0.2) is 0 Å². The molecule has 1 aromatic carbocycles. The lowest BCUT2D eigenvalue weighted by Gasteiger charge is -2.44. The average Bonchev–Trinajstić information content (AvgIpc) is 2.55. The van der Waals surface area contributed by atoms with E-state index < -0.39 is 0 Å². The van der Waals surface area contributed by atoms with Gasteiger partial charge in [-0.05, 0) is 50.0 Å². The van der Waals surface area contributed by atoms with Crippen LogP contribution in [0.2, 0.25) is 0 Å². The van der Waals surface area contributed by atoms with Crippen molar-refractivity contribution in [1.82, 2.24) is 0 Å². The lowest BCUT2D eigenvalue weighted by atomic mass is 9.68. The minimum Gasteiger partial charge on any atom is -0.490 e. The summed E-state index contributed by atoms with van der Waals surface area (Å²) in [5, 5.41) is 0. The highest BCUT2D eigenvalue weighted by molar-refractivity contribution is 5.65. The molecule has 2 aliphatic carbocycles. The Balaban J connectivity index is 1.72. The smallest absolute Gasteiger partial charge is 0.126 e. The summed E-state index contributed by atoms with van der Waals surface area (Å²) in [5.74, 6) is 2.86. The van der Waals surface area contributed by atoms with Crippen LogP contribution >= 0.6 is 0 Å². The average molecular weight is 296 g/mol. The van der Waals surface area contributed by atoms with Crippen LogP contribution in [-0.4, -0.2) is 6.10 Å². The first kappa shape index (κ1) is 14.4. The molecule has 0 unspecified atom stereocenters. The second-order valence-corrected chi connectivity index (χ2v) is 7.38. The third-order valence-electron chi connectivity index (χ3n) is 6.03. The molecule has 2 saturated carbocycles. The van der Waals surface area contributed by atoms with Gasteiger partial charge in [-0.1, -0.05) is 56.0 Å². The Hall–Kier alpha value is -1.24. The predicted octanol–water partition coefficient (Wildman–Crippen LogP) is 5.96. The van der Waals surface area contributed by atoms with Crippen molar-refractivity contribution in [2.75, 3.05) is 0 Å². The van der Waals surface area contributed by atoms with Gasteiger partial charge in [-0.15, -0.1) is 0 Å². The van der Waals surface area contributed by atoms with Crippen molar-refractivity contribution >= 4 is 5.76 Å². The number of ether oxygens (including phenoxy) is 1. The zero-order valence-corrected chi connectivity index (χ0v) is 13.6. The third-order valence-corrected chi connectivity index (χ3v) is 6.03. The van der Waals surface area contributed by atoms with Gasteiger partial charge in [0.15, 0.2) is 0 Å². The van der Waals surface area contributed by atoms with Gasteiger partial charge in [-0.2, -0.15) is 0 Å². The first-order valence-corrected chi connectivity index (χ1v) is 9.38. The molecule has 0 bridgehead atoms. The molecular weight excluding hydrogens is 268 g/mol. The molecule has 3 aliphatic rings. The Kier molecular flexibility index (Phi) is 4.23. The Morgan fingerprint density at radius 1 is 0.773 bits per heavy atom. The van der Waals surface area contributed by atoms with Crippen LogP contribution in [-0.2, 0) is 4.74 Å². The summed E-state index contributed by atoms with van der Waals surface area (Å²) in [6.45, 7) is 0. The maximum absolute atomic E-state index is 6.66.